The Morgan fingerprint density at radius 2 is 2.29 bits per heavy atom. The van der Waals surface area contributed by atoms with Crippen LogP contribution in [0.5, 0.6) is 0 Å². The van der Waals surface area contributed by atoms with Crippen molar-refractivity contribution >= 4 is 11.6 Å². The second kappa shape index (κ2) is 3.38. The first-order chi connectivity index (χ1) is 6.70. The van der Waals surface area contributed by atoms with E-state index in [4.69, 9.17) is 11.6 Å². The normalized spacial score (nSPS) is 10.5. The minimum Gasteiger partial charge on any atom is -0.281 e. The predicted octanol–water partition coefficient (Wildman–Crippen LogP) is 2.57. The molecule has 14 heavy (non-hydrogen) atoms. The Morgan fingerprint density at radius 3 is 2.86 bits per heavy atom. The predicted molar refractivity (Wildman–Crippen MR) is 51.5 cm³/mol. The van der Waals surface area contributed by atoms with Crippen molar-refractivity contribution in [3.63, 3.8) is 0 Å². The van der Waals surface area contributed by atoms with E-state index in [-0.39, 0.29) is 0 Å². The number of rotatable bonds is 1. The Balaban J connectivity index is 2.60. The summed E-state index contributed by atoms with van der Waals surface area (Å²) < 4.78 is 13.2. The third kappa shape index (κ3) is 1.37. The Morgan fingerprint density at radius 1 is 1.50 bits per heavy atom. The van der Waals surface area contributed by atoms with E-state index in [0.29, 0.717) is 22.0 Å². The molecular formula is C9H7ClFN3. The lowest BCUT2D eigenvalue weighted by atomic mass is 10.2. The number of nitrogens with one attached hydrogen (secondary N) is 1. The van der Waals surface area contributed by atoms with E-state index in [0.717, 1.165) is 0 Å². The van der Waals surface area contributed by atoms with Crippen LogP contribution in [0.2, 0.25) is 5.02 Å². The molecule has 0 unspecified atom stereocenters. The van der Waals surface area contributed by atoms with Crippen LogP contribution in [0.25, 0.3) is 11.3 Å². The lowest BCUT2D eigenvalue weighted by Gasteiger charge is -1.97. The largest absolute Gasteiger partial charge is 0.281 e. The van der Waals surface area contributed by atoms with Crippen LogP contribution in [0, 0.1) is 12.9 Å². The fourth-order valence-corrected chi connectivity index (χ4v) is 1.34. The van der Waals surface area contributed by atoms with Gasteiger partial charge in [-0.3, -0.25) is 5.10 Å². The van der Waals surface area contributed by atoms with Gasteiger partial charge >= 0.3 is 0 Å². The van der Waals surface area contributed by atoms with Crippen LogP contribution in [0.15, 0.2) is 18.3 Å². The maximum Gasteiger partial charge on any atom is 0.222 e. The summed E-state index contributed by atoms with van der Waals surface area (Å²) in [6, 6.07) is 3.22. The van der Waals surface area contributed by atoms with E-state index in [1.165, 1.54) is 6.20 Å². The van der Waals surface area contributed by atoms with Crippen LogP contribution < -0.4 is 0 Å². The SMILES string of the molecule is Cc1[nH]nc(-c2cccnc2F)c1Cl. The van der Waals surface area contributed by atoms with Crippen LogP contribution in [-0.2, 0) is 0 Å². The van der Waals surface area contributed by atoms with Crippen molar-refractivity contribution in [3.8, 4) is 11.3 Å². The smallest absolute Gasteiger partial charge is 0.222 e. The molecule has 2 aromatic heterocycles. The number of hydrogen-bond acceptors (Lipinski definition) is 2. The average Bonchev–Trinajstić information content (AvgIpc) is 2.49. The molecule has 0 aliphatic heterocycles. The van der Waals surface area contributed by atoms with E-state index >= 15 is 0 Å². The Labute approximate surface area is 84.9 Å². The summed E-state index contributed by atoms with van der Waals surface area (Å²) in [4.78, 5) is 3.53. The zero-order valence-corrected chi connectivity index (χ0v) is 8.14. The zero-order valence-electron chi connectivity index (χ0n) is 7.38. The molecule has 1 N–H and O–H groups in total. The van der Waals surface area contributed by atoms with Crippen LogP contribution in [0.4, 0.5) is 4.39 Å². The average molecular weight is 212 g/mol. The molecule has 0 atom stereocenters. The fourth-order valence-electron chi connectivity index (χ4n) is 1.16. The molecule has 2 rings (SSSR count). The molecule has 0 fully saturated rings. The summed E-state index contributed by atoms with van der Waals surface area (Å²) in [5.74, 6) is -0.569. The minimum atomic E-state index is -0.569. The van der Waals surface area contributed by atoms with Crippen molar-refractivity contribution in [3.05, 3.63) is 35.0 Å². The van der Waals surface area contributed by atoms with Gasteiger partial charge in [-0.05, 0) is 19.1 Å². The minimum absolute atomic E-state index is 0.307. The number of pyridine rings is 1. The van der Waals surface area contributed by atoms with Gasteiger partial charge in [-0.2, -0.15) is 9.49 Å². The van der Waals surface area contributed by atoms with Gasteiger partial charge in [0.2, 0.25) is 5.95 Å². The molecule has 0 saturated carbocycles. The maximum absolute atomic E-state index is 13.2. The van der Waals surface area contributed by atoms with E-state index in [1.54, 1.807) is 19.1 Å². The molecular weight excluding hydrogens is 205 g/mol. The highest BCUT2D eigenvalue weighted by Crippen LogP contribution is 2.28. The number of aromatic amines is 1. The first kappa shape index (κ1) is 9.15. The highest BCUT2D eigenvalue weighted by atomic mass is 35.5. The molecule has 0 aromatic carbocycles. The fraction of sp³-hybridized carbons (Fsp3) is 0.111. The van der Waals surface area contributed by atoms with Gasteiger partial charge < -0.3 is 0 Å². The summed E-state index contributed by atoms with van der Waals surface area (Å²) in [6.45, 7) is 1.77. The van der Waals surface area contributed by atoms with Gasteiger partial charge in [0.05, 0.1) is 16.3 Å². The summed E-state index contributed by atoms with van der Waals surface area (Å²) in [5, 5.41) is 7.02. The maximum atomic E-state index is 13.2. The van der Waals surface area contributed by atoms with Crippen molar-refractivity contribution in [1.29, 1.82) is 0 Å². The van der Waals surface area contributed by atoms with E-state index in [1.807, 2.05) is 0 Å². The number of aromatic nitrogens is 3. The third-order valence-corrected chi connectivity index (χ3v) is 2.35. The highest BCUT2D eigenvalue weighted by molar-refractivity contribution is 6.33. The summed E-state index contributed by atoms with van der Waals surface area (Å²) >= 11 is 5.93. The topological polar surface area (TPSA) is 41.6 Å². The van der Waals surface area contributed by atoms with E-state index < -0.39 is 5.95 Å². The van der Waals surface area contributed by atoms with Crippen LogP contribution in [0.3, 0.4) is 0 Å². The van der Waals surface area contributed by atoms with Gasteiger partial charge in [-0.25, -0.2) is 4.98 Å². The molecule has 0 spiro atoms. The first-order valence-corrected chi connectivity index (χ1v) is 4.39. The lowest BCUT2D eigenvalue weighted by Crippen LogP contribution is -1.88. The standard InChI is InChI=1S/C9H7ClFN3/c1-5-7(10)8(14-13-5)6-3-2-4-12-9(6)11/h2-4H,1H3,(H,13,14). The number of nitrogens with zero attached hydrogens (tertiary/aromatic N) is 2. The van der Waals surface area contributed by atoms with Crippen molar-refractivity contribution in [2.24, 2.45) is 0 Å². The molecule has 5 heteroatoms. The summed E-state index contributed by atoms with van der Waals surface area (Å²) in [7, 11) is 0. The molecule has 72 valence electrons. The van der Waals surface area contributed by atoms with Crippen molar-refractivity contribution in [1.82, 2.24) is 15.2 Å². The van der Waals surface area contributed by atoms with Crippen molar-refractivity contribution in [2.45, 2.75) is 6.92 Å². The van der Waals surface area contributed by atoms with E-state index in [9.17, 15) is 4.39 Å². The van der Waals surface area contributed by atoms with Gasteiger partial charge in [0.25, 0.3) is 0 Å². The first-order valence-electron chi connectivity index (χ1n) is 4.01. The monoisotopic (exact) mass is 211 g/mol. The van der Waals surface area contributed by atoms with Crippen LogP contribution in [0.1, 0.15) is 5.69 Å². The summed E-state index contributed by atoms with van der Waals surface area (Å²) in [5.41, 5.74) is 1.42. The Hall–Kier alpha value is -1.42. The van der Waals surface area contributed by atoms with E-state index in [2.05, 4.69) is 15.2 Å². The molecule has 2 heterocycles. The van der Waals surface area contributed by atoms with Crippen molar-refractivity contribution < 1.29 is 4.39 Å². The van der Waals surface area contributed by atoms with Crippen LogP contribution >= 0.6 is 11.6 Å². The van der Waals surface area contributed by atoms with Gasteiger partial charge in [-0.15, -0.1) is 0 Å². The number of hydrogen-bond donors (Lipinski definition) is 1. The second-order valence-corrected chi connectivity index (χ2v) is 3.23. The molecule has 0 aliphatic rings. The molecule has 2 aromatic rings. The van der Waals surface area contributed by atoms with Gasteiger partial charge in [0.1, 0.15) is 5.69 Å². The quantitative estimate of drug-likeness (QED) is 0.737. The molecule has 0 bridgehead atoms. The molecule has 0 aliphatic carbocycles. The van der Waals surface area contributed by atoms with Gasteiger partial charge in [-0.1, -0.05) is 11.6 Å². The lowest BCUT2D eigenvalue weighted by molar-refractivity contribution is 0.587. The molecule has 0 radical (unpaired) electrons. The number of H-pyrrole nitrogens is 1. The zero-order chi connectivity index (χ0) is 10.1. The Bertz CT molecular complexity index is 467. The third-order valence-electron chi connectivity index (χ3n) is 1.89. The van der Waals surface area contributed by atoms with Crippen molar-refractivity contribution in [2.75, 3.05) is 0 Å². The Kier molecular flexibility index (Phi) is 2.21. The van der Waals surface area contributed by atoms with Gasteiger partial charge in [0.15, 0.2) is 0 Å². The van der Waals surface area contributed by atoms with Crippen LogP contribution in [-0.4, -0.2) is 15.2 Å². The molecule has 3 nitrogen and oxygen atoms in total. The number of halogens is 2. The highest BCUT2D eigenvalue weighted by Gasteiger charge is 2.13. The molecule has 0 saturated heterocycles. The second-order valence-electron chi connectivity index (χ2n) is 2.85. The van der Waals surface area contributed by atoms with Gasteiger partial charge in [0, 0.05) is 6.20 Å². The molecule has 0 amide bonds. The number of aryl methyl sites for hydroxylation is 1. The summed E-state index contributed by atoms with van der Waals surface area (Å²) in [6.07, 6.45) is 1.38.